The molecule has 0 spiro atoms. The van der Waals surface area contributed by atoms with Crippen LogP contribution in [0.25, 0.3) is 0 Å². The van der Waals surface area contributed by atoms with Crippen LogP contribution in [0.3, 0.4) is 0 Å². The molecule has 0 saturated carbocycles. The summed E-state index contributed by atoms with van der Waals surface area (Å²) in [5, 5.41) is 7.19. The minimum atomic E-state index is -3.69. The second-order valence-electron chi connectivity index (χ2n) is 6.43. The standard InChI is InChI=1S/C20H23N3O4S2/c1-14-13-28-20(22-11-15-4-8-18(9-5-15)29(21,24)25)23(14)12-16-6-7-17(26-2)10-19(16)27-3/h4-10,13H,11-12H2,1-3H3,(H2,21,24,25). The Balaban J connectivity index is 1.86. The fraction of sp³-hybridized carbons (Fsp3) is 0.250. The van der Waals surface area contributed by atoms with E-state index >= 15 is 0 Å². The zero-order chi connectivity index (χ0) is 21.0. The van der Waals surface area contributed by atoms with E-state index in [2.05, 4.69) is 9.95 Å². The van der Waals surface area contributed by atoms with Crippen molar-refractivity contribution in [1.82, 2.24) is 4.57 Å². The van der Waals surface area contributed by atoms with E-state index in [-0.39, 0.29) is 4.90 Å². The number of ether oxygens (including phenoxy) is 2. The van der Waals surface area contributed by atoms with E-state index < -0.39 is 10.0 Å². The Morgan fingerprint density at radius 2 is 1.83 bits per heavy atom. The van der Waals surface area contributed by atoms with E-state index in [0.29, 0.717) is 13.1 Å². The number of sulfonamides is 1. The molecule has 0 amide bonds. The summed E-state index contributed by atoms with van der Waals surface area (Å²) in [5.74, 6) is 1.50. The van der Waals surface area contributed by atoms with Gasteiger partial charge in [0.2, 0.25) is 10.0 Å². The molecule has 0 radical (unpaired) electrons. The van der Waals surface area contributed by atoms with Crippen molar-refractivity contribution in [3.63, 3.8) is 0 Å². The largest absolute Gasteiger partial charge is 0.497 e. The van der Waals surface area contributed by atoms with Gasteiger partial charge in [-0.15, -0.1) is 11.3 Å². The lowest BCUT2D eigenvalue weighted by molar-refractivity contribution is 0.390. The zero-order valence-corrected chi connectivity index (χ0v) is 18.1. The van der Waals surface area contributed by atoms with Crippen molar-refractivity contribution in [3.8, 4) is 11.5 Å². The highest BCUT2D eigenvalue weighted by Gasteiger charge is 2.10. The Labute approximate surface area is 174 Å². The molecule has 2 N–H and O–H groups in total. The van der Waals surface area contributed by atoms with E-state index in [1.54, 1.807) is 37.7 Å². The minimum absolute atomic E-state index is 0.0925. The molecular formula is C20H23N3O4S2. The topological polar surface area (TPSA) is 95.9 Å². The highest BCUT2D eigenvalue weighted by atomic mass is 32.2. The lowest BCUT2D eigenvalue weighted by atomic mass is 10.2. The molecule has 0 unspecified atom stereocenters. The van der Waals surface area contributed by atoms with Gasteiger partial charge in [0.25, 0.3) is 0 Å². The molecule has 3 rings (SSSR count). The van der Waals surface area contributed by atoms with Gasteiger partial charge < -0.3 is 14.0 Å². The quantitative estimate of drug-likeness (QED) is 0.620. The number of nitrogens with two attached hydrogens (primary N) is 1. The molecular weight excluding hydrogens is 410 g/mol. The Bertz CT molecular complexity index is 1160. The third-order valence-electron chi connectivity index (χ3n) is 4.46. The Morgan fingerprint density at radius 1 is 1.10 bits per heavy atom. The predicted octanol–water partition coefficient (Wildman–Crippen LogP) is 2.67. The molecule has 2 aromatic carbocycles. The van der Waals surface area contributed by atoms with E-state index in [4.69, 9.17) is 19.6 Å². The average Bonchev–Trinajstić information content (AvgIpc) is 3.06. The van der Waals surface area contributed by atoms with Gasteiger partial charge in [0.05, 0.1) is 32.2 Å². The first-order valence-electron chi connectivity index (χ1n) is 8.80. The van der Waals surface area contributed by atoms with Crippen LogP contribution in [-0.2, 0) is 23.1 Å². The highest BCUT2D eigenvalue weighted by Crippen LogP contribution is 2.25. The first kappa shape index (κ1) is 21.1. The molecule has 1 aromatic heterocycles. The van der Waals surface area contributed by atoms with Crippen molar-refractivity contribution >= 4 is 21.4 Å². The highest BCUT2D eigenvalue weighted by molar-refractivity contribution is 7.89. The van der Waals surface area contributed by atoms with E-state index in [1.165, 1.54) is 12.1 Å². The molecule has 154 valence electrons. The van der Waals surface area contributed by atoms with Crippen LogP contribution < -0.4 is 19.4 Å². The number of aromatic nitrogens is 1. The van der Waals surface area contributed by atoms with Crippen LogP contribution in [0, 0.1) is 6.92 Å². The number of primary sulfonamides is 1. The molecule has 0 aliphatic heterocycles. The molecule has 0 aliphatic rings. The number of hydrogen-bond donors (Lipinski definition) is 1. The van der Waals surface area contributed by atoms with Gasteiger partial charge in [-0.25, -0.2) is 13.6 Å². The maximum Gasteiger partial charge on any atom is 0.238 e. The molecule has 0 aliphatic carbocycles. The van der Waals surface area contributed by atoms with Crippen LogP contribution in [0.4, 0.5) is 0 Å². The summed E-state index contributed by atoms with van der Waals surface area (Å²) < 4.78 is 35.6. The SMILES string of the molecule is COc1ccc(Cn2c(C)csc2=NCc2ccc(S(N)(=O)=O)cc2)c(OC)c1. The Morgan fingerprint density at radius 3 is 2.45 bits per heavy atom. The molecule has 3 aromatic rings. The number of rotatable bonds is 7. The zero-order valence-electron chi connectivity index (χ0n) is 16.5. The number of nitrogens with zero attached hydrogens (tertiary/aromatic N) is 2. The summed E-state index contributed by atoms with van der Waals surface area (Å²) in [5.41, 5.74) is 3.02. The summed E-state index contributed by atoms with van der Waals surface area (Å²) in [6.45, 7) is 3.09. The average molecular weight is 434 g/mol. The van der Waals surface area contributed by atoms with Crippen LogP contribution >= 0.6 is 11.3 Å². The van der Waals surface area contributed by atoms with Crippen molar-refractivity contribution in [2.75, 3.05) is 14.2 Å². The maximum absolute atomic E-state index is 11.4. The molecule has 29 heavy (non-hydrogen) atoms. The van der Waals surface area contributed by atoms with Gasteiger partial charge in [0.1, 0.15) is 11.5 Å². The van der Waals surface area contributed by atoms with Crippen LogP contribution in [0.1, 0.15) is 16.8 Å². The molecule has 0 bridgehead atoms. The van der Waals surface area contributed by atoms with Crippen LogP contribution in [-0.4, -0.2) is 27.2 Å². The number of hydrogen-bond acceptors (Lipinski definition) is 6. The Kier molecular flexibility index (Phi) is 6.41. The van der Waals surface area contributed by atoms with Crippen LogP contribution in [0.5, 0.6) is 11.5 Å². The summed E-state index contributed by atoms with van der Waals surface area (Å²) >= 11 is 1.56. The predicted molar refractivity (Wildman–Crippen MR) is 113 cm³/mol. The van der Waals surface area contributed by atoms with E-state index in [1.807, 2.05) is 25.1 Å². The van der Waals surface area contributed by atoms with Gasteiger partial charge in [0.15, 0.2) is 4.80 Å². The monoisotopic (exact) mass is 433 g/mol. The molecule has 7 nitrogen and oxygen atoms in total. The van der Waals surface area contributed by atoms with Crippen molar-refractivity contribution in [2.45, 2.75) is 24.9 Å². The third-order valence-corrected chi connectivity index (χ3v) is 6.41. The summed E-state index contributed by atoms with van der Waals surface area (Å²) in [6.07, 6.45) is 0. The summed E-state index contributed by atoms with van der Waals surface area (Å²) in [6, 6.07) is 12.2. The smallest absolute Gasteiger partial charge is 0.238 e. The number of thiazole rings is 1. The second kappa shape index (κ2) is 8.81. The minimum Gasteiger partial charge on any atom is -0.497 e. The van der Waals surface area contributed by atoms with Crippen LogP contribution in [0.15, 0.2) is 57.7 Å². The fourth-order valence-electron chi connectivity index (χ4n) is 2.83. The van der Waals surface area contributed by atoms with E-state index in [0.717, 1.165) is 33.1 Å². The van der Waals surface area contributed by atoms with Gasteiger partial charge in [-0.3, -0.25) is 4.99 Å². The van der Waals surface area contributed by atoms with Gasteiger partial charge in [-0.2, -0.15) is 0 Å². The molecule has 0 fully saturated rings. The third kappa shape index (κ3) is 5.06. The van der Waals surface area contributed by atoms with Gasteiger partial charge in [-0.05, 0) is 36.8 Å². The normalized spacial score (nSPS) is 12.2. The first-order valence-corrected chi connectivity index (χ1v) is 11.2. The van der Waals surface area contributed by atoms with Gasteiger partial charge >= 0.3 is 0 Å². The lowest BCUT2D eigenvalue weighted by Gasteiger charge is -2.12. The Hall–Kier alpha value is -2.62. The molecule has 9 heteroatoms. The second-order valence-corrected chi connectivity index (χ2v) is 8.83. The maximum atomic E-state index is 11.4. The van der Waals surface area contributed by atoms with Crippen molar-refractivity contribution in [1.29, 1.82) is 0 Å². The van der Waals surface area contributed by atoms with E-state index in [9.17, 15) is 8.42 Å². The van der Waals surface area contributed by atoms with Crippen molar-refractivity contribution in [3.05, 3.63) is 69.5 Å². The van der Waals surface area contributed by atoms with Gasteiger partial charge in [-0.1, -0.05) is 12.1 Å². The number of aryl methyl sites for hydroxylation is 1. The lowest BCUT2D eigenvalue weighted by Crippen LogP contribution is -2.18. The first-order chi connectivity index (χ1) is 13.8. The summed E-state index contributed by atoms with van der Waals surface area (Å²) in [7, 11) is -0.427. The number of benzene rings is 2. The molecule has 0 saturated heterocycles. The number of methoxy groups -OCH3 is 2. The molecule has 1 heterocycles. The van der Waals surface area contributed by atoms with Crippen molar-refractivity contribution in [2.24, 2.45) is 10.1 Å². The van der Waals surface area contributed by atoms with Gasteiger partial charge in [0, 0.05) is 22.7 Å². The molecule has 0 atom stereocenters. The fourth-order valence-corrected chi connectivity index (χ4v) is 4.22. The summed E-state index contributed by atoms with van der Waals surface area (Å²) in [4.78, 5) is 5.67. The van der Waals surface area contributed by atoms with Crippen LogP contribution in [0.2, 0.25) is 0 Å². The van der Waals surface area contributed by atoms with Crippen molar-refractivity contribution < 1.29 is 17.9 Å².